The van der Waals surface area contributed by atoms with Crippen LogP contribution in [-0.2, 0) is 10.0 Å². The van der Waals surface area contributed by atoms with Crippen molar-refractivity contribution >= 4 is 15.7 Å². The zero-order valence-corrected chi connectivity index (χ0v) is 13.0. The number of nitrogens with zero attached hydrogens (tertiary/aromatic N) is 1. The molecule has 1 unspecified atom stereocenters. The Labute approximate surface area is 116 Å². The van der Waals surface area contributed by atoms with Crippen molar-refractivity contribution in [1.29, 1.82) is 0 Å². The highest BCUT2D eigenvalue weighted by Gasteiger charge is 2.26. The molecule has 1 aromatic carbocycles. The highest BCUT2D eigenvalue weighted by molar-refractivity contribution is 7.89. The summed E-state index contributed by atoms with van der Waals surface area (Å²) in [5, 5.41) is 0. The van der Waals surface area contributed by atoms with Gasteiger partial charge in [0.05, 0.1) is 5.69 Å². The number of hydrogen-bond acceptors (Lipinski definition) is 3. The molecule has 0 aliphatic rings. The number of sulfonamides is 1. The normalized spacial score (nSPS) is 13.7. The summed E-state index contributed by atoms with van der Waals surface area (Å²) in [5.41, 5.74) is 7.14. The van der Waals surface area contributed by atoms with Gasteiger partial charge < -0.3 is 5.73 Å². The molecule has 0 amide bonds. The third kappa shape index (κ3) is 3.70. The second-order valence-electron chi connectivity index (χ2n) is 5.01. The summed E-state index contributed by atoms with van der Waals surface area (Å²) in [6.45, 7) is 8.85. The van der Waals surface area contributed by atoms with Crippen LogP contribution >= 0.6 is 0 Å². The number of hydrogen-bond donors (Lipinski definition) is 1. The molecule has 1 aromatic rings. The van der Waals surface area contributed by atoms with E-state index in [2.05, 4.69) is 13.8 Å². The predicted octanol–water partition coefficient (Wildman–Crippen LogP) is 2.63. The molecule has 0 saturated carbocycles. The summed E-state index contributed by atoms with van der Waals surface area (Å²) in [5.74, 6) is 0.335. The Bertz CT molecular complexity index is 526. The number of aryl methyl sites for hydroxylation is 1. The molecule has 0 heterocycles. The van der Waals surface area contributed by atoms with Crippen LogP contribution in [0.2, 0.25) is 0 Å². The molecule has 1 atom stereocenters. The third-order valence-corrected chi connectivity index (χ3v) is 5.36. The number of nitrogens with two attached hydrogens (primary N) is 1. The molecule has 0 aromatic heterocycles. The van der Waals surface area contributed by atoms with Gasteiger partial charge in [0.25, 0.3) is 0 Å². The standard InChI is InChI=1S/C14H24N2O2S/c1-5-11(3)10-16(6-2)19(17,18)14-8-7-12(4)9-13(14)15/h7-9,11H,5-6,10,15H2,1-4H3. The van der Waals surface area contributed by atoms with Gasteiger partial charge in [0, 0.05) is 13.1 Å². The zero-order valence-electron chi connectivity index (χ0n) is 12.2. The number of rotatable bonds is 6. The van der Waals surface area contributed by atoms with Crippen molar-refractivity contribution < 1.29 is 8.42 Å². The number of anilines is 1. The second kappa shape index (κ2) is 6.39. The van der Waals surface area contributed by atoms with E-state index in [-0.39, 0.29) is 4.90 Å². The minimum absolute atomic E-state index is 0.211. The first kappa shape index (κ1) is 16.0. The summed E-state index contributed by atoms with van der Waals surface area (Å²) >= 11 is 0. The fourth-order valence-corrected chi connectivity index (χ4v) is 3.58. The van der Waals surface area contributed by atoms with Crippen molar-refractivity contribution in [1.82, 2.24) is 4.31 Å². The van der Waals surface area contributed by atoms with Crippen molar-refractivity contribution in [3.05, 3.63) is 23.8 Å². The fraction of sp³-hybridized carbons (Fsp3) is 0.571. The Balaban J connectivity index is 3.13. The molecular formula is C14H24N2O2S. The van der Waals surface area contributed by atoms with Gasteiger partial charge in [0.1, 0.15) is 4.90 Å². The third-order valence-electron chi connectivity index (χ3n) is 3.35. The van der Waals surface area contributed by atoms with E-state index in [0.29, 0.717) is 24.7 Å². The summed E-state index contributed by atoms with van der Waals surface area (Å²) in [4.78, 5) is 0.211. The molecule has 2 N–H and O–H groups in total. The highest BCUT2D eigenvalue weighted by atomic mass is 32.2. The van der Waals surface area contributed by atoms with Crippen LogP contribution in [0.3, 0.4) is 0 Å². The molecule has 0 fully saturated rings. The first-order valence-corrected chi connectivity index (χ1v) is 8.13. The minimum atomic E-state index is -3.50. The van der Waals surface area contributed by atoms with E-state index < -0.39 is 10.0 Å². The van der Waals surface area contributed by atoms with Gasteiger partial charge in [-0.1, -0.05) is 33.3 Å². The van der Waals surface area contributed by atoms with Gasteiger partial charge in [-0.15, -0.1) is 0 Å². The maximum absolute atomic E-state index is 12.6. The number of benzene rings is 1. The molecule has 108 valence electrons. The lowest BCUT2D eigenvalue weighted by Crippen LogP contribution is -2.34. The van der Waals surface area contributed by atoms with E-state index in [1.54, 1.807) is 18.2 Å². The van der Waals surface area contributed by atoms with Crippen molar-refractivity contribution in [2.24, 2.45) is 5.92 Å². The molecule has 19 heavy (non-hydrogen) atoms. The van der Waals surface area contributed by atoms with Gasteiger partial charge in [0.2, 0.25) is 10.0 Å². The van der Waals surface area contributed by atoms with Crippen LogP contribution in [0.25, 0.3) is 0 Å². The van der Waals surface area contributed by atoms with Crippen molar-refractivity contribution in [3.63, 3.8) is 0 Å². The lowest BCUT2D eigenvalue weighted by atomic mass is 10.1. The quantitative estimate of drug-likeness (QED) is 0.817. The summed E-state index contributed by atoms with van der Waals surface area (Å²) in [7, 11) is -3.50. The maximum Gasteiger partial charge on any atom is 0.245 e. The minimum Gasteiger partial charge on any atom is -0.398 e. The molecule has 5 heteroatoms. The van der Waals surface area contributed by atoms with Gasteiger partial charge in [-0.3, -0.25) is 0 Å². The molecule has 0 aliphatic heterocycles. The van der Waals surface area contributed by atoms with Crippen LogP contribution in [0, 0.1) is 12.8 Å². The molecule has 0 aliphatic carbocycles. The van der Waals surface area contributed by atoms with Gasteiger partial charge in [-0.05, 0) is 30.5 Å². The topological polar surface area (TPSA) is 63.4 Å². The van der Waals surface area contributed by atoms with E-state index in [9.17, 15) is 8.42 Å². The molecule has 0 radical (unpaired) electrons. The molecule has 1 rings (SSSR count). The molecule has 0 bridgehead atoms. The molecular weight excluding hydrogens is 260 g/mol. The number of nitrogen functional groups attached to an aromatic ring is 1. The van der Waals surface area contributed by atoms with E-state index in [1.807, 2.05) is 13.8 Å². The van der Waals surface area contributed by atoms with Crippen LogP contribution < -0.4 is 5.73 Å². The average Bonchev–Trinajstić information content (AvgIpc) is 2.34. The highest BCUT2D eigenvalue weighted by Crippen LogP contribution is 2.24. The van der Waals surface area contributed by atoms with Gasteiger partial charge in [0.15, 0.2) is 0 Å². The Morgan fingerprint density at radius 1 is 1.32 bits per heavy atom. The van der Waals surface area contributed by atoms with Crippen molar-refractivity contribution in [2.75, 3.05) is 18.8 Å². The summed E-state index contributed by atoms with van der Waals surface area (Å²) < 4.78 is 26.7. The van der Waals surface area contributed by atoms with E-state index in [1.165, 1.54) is 4.31 Å². The zero-order chi connectivity index (χ0) is 14.6. The maximum atomic E-state index is 12.6. The van der Waals surface area contributed by atoms with Crippen LogP contribution in [0.15, 0.2) is 23.1 Å². The first-order valence-electron chi connectivity index (χ1n) is 6.69. The molecule has 0 spiro atoms. The van der Waals surface area contributed by atoms with Crippen LogP contribution in [-0.4, -0.2) is 25.8 Å². The monoisotopic (exact) mass is 284 g/mol. The van der Waals surface area contributed by atoms with E-state index in [4.69, 9.17) is 5.73 Å². The van der Waals surface area contributed by atoms with Gasteiger partial charge >= 0.3 is 0 Å². The molecule has 0 saturated heterocycles. The Morgan fingerprint density at radius 3 is 2.42 bits per heavy atom. The smallest absolute Gasteiger partial charge is 0.245 e. The average molecular weight is 284 g/mol. The van der Waals surface area contributed by atoms with Crippen LogP contribution in [0.4, 0.5) is 5.69 Å². The van der Waals surface area contributed by atoms with Crippen LogP contribution in [0.1, 0.15) is 32.8 Å². The molecule has 4 nitrogen and oxygen atoms in total. The largest absolute Gasteiger partial charge is 0.398 e. The van der Waals surface area contributed by atoms with E-state index >= 15 is 0 Å². The van der Waals surface area contributed by atoms with Crippen molar-refractivity contribution in [3.8, 4) is 0 Å². The van der Waals surface area contributed by atoms with Gasteiger partial charge in [-0.25, -0.2) is 8.42 Å². The van der Waals surface area contributed by atoms with Crippen LogP contribution in [0.5, 0.6) is 0 Å². The predicted molar refractivity (Wildman–Crippen MR) is 79.5 cm³/mol. The van der Waals surface area contributed by atoms with Crippen molar-refractivity contribution in [2.45, 2.75) is 39.0 Å². The lowest BCUT2D eigenvalue weighted by Gasteiger charge is -2.24. The lowest BCUT2D eigenvalue weighted by molar-refractivity contribution is 0.362. The Kier molecular flexibility index (Phi) is 5.38. The van der Waals surface area contributed by atoms with Gasteiger partial charge in [-0.2, -0.15) is 4.31 Å². The fourth-order valence-electron chi connectivity index (χ4n) is 1.92. The SMILES string of the molecule is CCC(C)CN(CC)S(=O)(=O)c1ccc(C)cc1N. The Hall–Kier alpha value is -1.07. The van der Waals surface area contributed by atoms with E-state index in [0.717, 1.165) is 12.0 Å². The Morgan fingerprint density at radius 2 is 1.95 bits per heavy atom. The summed E-state index contributed by atoms with van der Waals surface area (Å²) in [6, 6.07) is 5.07. The summed E-state index contributed by atoms with van der Waals surface area (Å²) in [6.07, 6.45) is 0.954. The second-order valence-corrected chi connectivity index (χ2v) is 6.92. The first-order chi connectivity index (χ1) is 8.82.